The minimum atomic E-state index is -0.641. The highest BCUT2D eigenvalue weighted by molar-refractivity contribution is 5.88. The van der Waals surface area contributed by atoms with E-state index in [-0.39, 0.29) is 17.8 Å². The molecule has 0 spiro atoms. The van der Waals surface area contributed by atoms with Crippen molar-refractivity contribution in [3.63, 3.8) is 0 Å². The molecule has 1 unspecified atom stereocenters. The lowest BCUT2D eigenvalue weighted by Crippen LogP contribution is -2.43. The normalized spacial score (nSPS) is 16.2. The van der Waals surface area contributed by atoms with E-state index >= 15 is 0 Å². The summed E-state index contributed by atoms with van der Waals surface area (Å²) in [5, 5.41) is 0. The first kappa shape index (κ1) is 22.0. The van der Waals surface area contributed by atoms with E-state index in [1.807, 2.05) is 55.3 Å². The van der Waals surface area contributed by atoms with Gasteiger partial charge >= 0.3 is 0 Å². The summed E-state index contributed by atoms with van der Waals surface area (Å²) < 4.78 is 18.4. The highest BCUT2D eigenvalue weighted by Gasteiger charge is 2.39. The van der Waals surface area contributed by atoms with E-state index in [0.29, 0.717) is 6.42 Å². The van der Waals surface area contributed by atoms with Gasteiger partial charge in [0.1, 0.15) is 11.6 Å². The minimum Gasteiger partial charge on any atom is -0.497 e. The molecule has 32 heavy (non-hydrogen) atoms. The fourth-order valence-electron chi connectivity index (χ4n) is 4.38. The van der Waals surface area contributed by atoms with Crippen molar-refractivity contribution in [1.82, 2.24) is 9.88 Å². The number of nitrogens with zero attached hydrogens (tertiary/aromatic N) is 2. The average Bonchev–Trinajstić information content (AvgIpc) is 3.30. The molecule has 3 aromatic rings. The predicted molar refractivity (Wildman–Crippen MR) is 123 cm³/mol. The van der Waals surface area contributed by atoms with Gasteiger partial charge in [0.25, 0.3) is 0 Å². The molecule has 0 aliphatic carbocycles. The summed E-state index contributed by atoms with van der Waals surface area (Å²) >= 11 is 0. The van der Waals surface area contributed by atoms with Crippen molar-refractivity contribution in [3.05, 3.63) is 95.1 Å². The first-order chi connectivity index (χ1) is 15.4. The molecule has 1 amide bonds. The monoisotopic (exact) mass is 432 g/mol. The molecule has 1 aromatic heterocycles. The van der Waals surface area contributed by atoms with Crippen LogP contribution in [0.2, 0.25) is 0 Å². The Morgan fingerprint density at radius 3 is 2.38 bits per heavy atom. The zero-order chi connectivity index (χ0) is 22.7. The molecular weight excluding hydrogens is 403 g/mol. The highest BCUT2D eigenvalue weighted by Crippen LogP contribution is 2.36. The van der Waals surface area contributed by atoms with Gasteiger partial charge in [-0.1, -0.05) is 30.3 Å². The Morgan fingerprint density at radius 2 is 1.75 bits per heavy atom. The zero-order valence-electron chi connectivity index (χ0n) is 18.8. The van der Waals surface area contributed by atoms with Crippen molar-refractivity contribution in [2.45, 2.75) is 44.6 Å². The van der Waals surface area contributed by atoms with Crippen molar-refractivity contribution in [3.8, 4) is 5.75 Å². The summed E-state index contributed by atoms with van der Waals surface area (Å²) in [6.45, 7) is 4.69. The Kier molecular flexibility index (Phi) is 6.26. The topological polar surface area (TPSA) is 42.4 Å². The molecule has 0 radical (unpaired) electrons. The number of amides is 1. The molecule has 0 N–H and O–H groups in total. The van der Waals surface area contributed by atoms with Crippen molar-refractivity contribution >= 4 is 5.91 Å². The first-order valence-electron chi connectivity index (χ1n) is 11.0. The van der Waals surface area contributed by atoms with Gasteiger partial charge in [-0.15, -0.1) is 0 Å². The Morgan fingerprint density at radius 1 is 1.06 bits per heavy atom. The molecule has 1 aliphatic heterocycles. The summed E-state index contributed by atoms with van der Waals surface area (Å²) in [6.07, 6.45) is 4.45. The summed E-state index contributed by atoms with van der Waals surface area (Å²) in [6, 6.07) is 18.3. The molecule has 1 aliphatic rings. The van der Waals surface area contributed by atoms with Crippen LogP contribution in [0, 0.1) is 5.82 Å². The first-order valence-corrected chi connectivity index (χ1v) is 11.0. The number of pyridine rings is 1. The predicted octanol–water partition coefficient (Wildman–Crippen LogP) is 5.46. The fraction of sp³-hybridized carbons (Fsp3) is 0.333. The highest BCUT2D eigenvalue weighted by atomic mass is 19.1. The van der Waals surface area contributed by atoms with Crippen LogP contribution in [0.3, 0.4) is 0 Å². The third kappa shape index (κ3) is 4.52. The number of likely N-dealkylation sites (tertiary alicyclic amines) is 1. The molecule has 166 valence electrons. The van der Waals surface area contributed by atoms with Gasteiger partial charge in [0, 0.05) is 12.7 Å². The van der Waals surface area contributed by atoms with Gasteiger partial charge < -0.3 is 9.64 Å². The number of carbonyl (C=O) groups is 1. The number of benzene rings is 2. The van der Waals surface area contributed by atoms with E-state index < -0.39 is 5.41 Å². The second-order valence-electron chi connectivity index (χ2n) is 8.90. The summed E-state index contributed by atoms with van der Waals surface area (Å²) in [4.78, 5) is 20.3. The van der Waals surface area contributed by atoms with Gasteiger partial charge in [0.15, 0.2) is 0 Å². The molecule has 1 atom stereocenters. The van der Waals surface area contributed by atoms with E-state index in [2.05, 4.69) is 6.07 Å². The number of aromatic nitrogens is 1. The lowest BCUT2D eigenvalue weighted by atomic mass is 9.83. The lowest BCUT2D eigenvalue weighted by Gasteiger charge is -2.33. The number of ether oxygens (including phenoxy) is 1. The summed E-state index contributed by atoms with van der Waals surface area (Å²) in [5.74, 6) is 0.661. The summed E-state index contributed by atoms with van der Waals surface area (Å²) in [7, 11) is 1.64. The van der Waals surface area contributed by atoms with Crippen LogP contribution in [-0.2, 0) is 16.6 Å². The van der Waals surface area contributed by atoms with Crippen molar-refractivity contribution in [1.29, 1.82) is 0 Å². The number of methoxy groups -OCH3 is 1. The van der Waals surface area contributed by atoms with Gasteiger partial charge in [-0.2, -0.15) is 0 Å². The largest absolute Gasteiger partial charge is 0.497 e. The molecule has 1 fully saturated rings. The second kappa shape index (κ2) is 9.11. The smallest absolute Gasteiger partial charge is 0.233 e. The minimum absolute atomic E-state index is 0.0140. The third-order valence-corrected chi connectivity index (χ3v) is 6.37. The number of halogens is 1. The number of rotatable bonds is 6. The maximum absolute atomic E-state index is 13.6. The Balaban J connectivity index is 1.49. The van der Waals surface area contributed by atoms with Crippen LogP contribution in [0.4, 0.5) is 4.39 Å². The molecule has 4 nitrogen and oxygen atoms in total. The van der Waals surface area contributed by atoms with Crippen LogP contribution in [0.1, 0.15) is 55.1 Å². The van der Waals surface area contributed by atoms with E-state index in [4.69, 9.17) is 9.72 Å². The summed E-state index contributed by atoms with van der Waals surface area (Å²) in [5.41, 5.74) is 3.35. The van der Waals surface area contributed by atoms with Crippen LogP contribution >= 0.6 is 0 Å². The van der Waals surface area contributed by atoms with E-state index in [1.165, 1.54) is 12.1 Å². The Labute approximate surface area is 189 Å². The van der Waals surface area contributed by atoms with Crippen LogP contribution in [0.25, 0.3) is 0 Å². The van der Waals surface area contributed by atoms with E-state index in [1.54, 1.807) is 19.2 Å². The van der Waals surface area contributed by atoms with E-state index in [0.717, 1.165) is 47.5 Å². The molecule has 0 bridgehead atoms. The van der Waals surface area contributed by atoms with E-state index in [9.17, 15) is 9.18 Å². The number of hydrogen-bond donors (Lipinski definition) is 0. The molecule has 5 heteroatoms. The number of hydrogen-bond acceptors (Lipinski definition) is 3. The maximum Gasteiger partial charge on any atom is 0.233 e. The molecule has 0 saturated carbocycles. The molecule has 2 aromatic carbocycles. The van der Waals surface area contributed by atoms with Crippen LogP contribution in [0.15, 0.2) is 66.9 Å². The molecular formula is C27H29FN2O2. The van der Waals surface area contributed by atoms with Gasteiger partial charge in [-0.3, -0.25) is 9.78 Å². The molecule has 1 saturated heterocycles. The fourth-order valence-corrected chi connectivity index (χ4v) is 4.38. The van der Waals surface area contributed by atoms with Gasteiger partial charge in [0.2, 0.25) is 5.91 Å². The molecule has 2 heterocycles. The Hall–Kier alpha value is -3.21. The van der Waals surface area contributed by atoms with Crippen molar-refractivity contribution < 1.29 is 13.9 Å². The quantitative estimate of drug-likeness (QED) is 0.519. The van der Waals surface area contributed by atoms with Crippen molar-refractivity contribution in [2.75, 3.05) is 13.7 Å². The zero-order valence-corrected chi connectivity index (χ0v) is 18.8. The SMILES string of the molecule is COc1ccc(C(C)(C)C(=O)N2CCCC2c2ccc(Cc3ccc(F)cc3)cn2)cc1. The molecule has 4 rings (SSSR count). The van der Waals surface area contributed by atoms with Crippen molar-refractivity contribution in [2.24, 2.45) is 0 Å². The Bertz CT molecular complexity index is 1060. The second-order valence-corrected chi connectivity index (χ2v) is 8.90. The van der Waals surface area contributed by atoms with Gasteiger partial charge in [0.05, 0.1) is 24.3 Å². The van der Waals surface area contributed by atoms with Crippen LogP contribution in [-0.4, -0.2) is 29.4 Å². The van der Waals surface area contributed by atoms with Gasteiger partial charge in [-0.05, 0) is 80.1 Å². The lowest BCUT2D eigenvalue weighted by molar-refractivity contribution is -0.137. The standard InChI is InChI=1S/C27H29FN2O2/c1-27(2,21-9-13-23(32-3)14-10-21)26(31)30-16-4-5-25(30)24-15-8-20(18-29-24)17-19-6-11-22(28)12-7-19/h6-15,18,25H,4-5,16-17H2,1-3H3. The number of carbonyl (C=O) groups excluding carboxylic acids is 1. The van der Waals surface area contributed by atoms with Gasteiger partial charge in [-0.25, -0.2) is 4.39 Å². The van der Waals surface area contributed by atoms with Crippen LogP contribution in [0.5, 0.6) is 5.75 Å². The third-order valence-electron chi connectivity index (χ3n) is 6.37. The maximum atomic E-state index is 13.6. The van der Waals surface area contributed by atoms with Crippen LogP contribution < -0.4 is 4.74 Å². The average molecular weight is 433 g/mol.